The molecule has 32 heavy (non-hydrogen) atoms. The van der Waals surface area contributed by atoms with Gasteiger partial charge in [-0.05, 0) is 66.9 Å². The summed E-state index contributed by atoms with van der Waals surface area (Å²) >= 11 is 0. The number of nitrogens with zero attached hydrogens (tertiary/aromatic N) is 1. The number of carbonyl (C=O) groups excluding carboxylic acids is 1. The molecule has 1 unspecified atom stereocenters. The number of piperidine rings is 1. The first-order valence-corrected chi connectivity index (χ1v) is 12.5. The third kappa shape index (κ3) is 5.01. The first kappa shape index (κ1) is 22.5. The van der Waals surface area contributed by atoms with Crippen LogP contribution in [0.15, 0.2) is 71.6 Å². The maximum absolute atomic E-state index is 12.7. The van der Waals surface area contributed by atoms with Crippen molar-refractivity contribution in [1.29, 1.82) is 0 Å². The minimum absolute atomic E-state index is 0.00494. The van der Waals surface area contributed by atoms with E-state index in [4.69, 9.17) is 5.14 Å². The molecule has 3 aromatic rings. The van der Waals surface area contributed by atoms with Crippen LogP contribution in [0.3, 0.4) is 0 Å². The lowest BCUT2D eigenvalue weighted by atomic mass is 9.92. The summed E-state index contributed by atoms with van der Waals surface area (Å²) in [6.45, 7) is 4.38. The van der Waals surface area contributed by atoms with Gasteiger partial charge in [-0.2, -0.15) is 0 Å². The smallest absolute Gasteiger partial charge is 0.238 e. The number of sulfonamides is 1. The van der Waals surface area contributed by atoms with E-state index < -0.39 is 10.0 Å². The Labute approximate surface area is 189 Å². The Morgan fingerprint density at radius 3 is 2.38 bits per heavy atom. The number of rotatable bonds is 6. The molecule has 168 valence electrons. The van der Waals surface area contributed by atoms with E-state index in [0.717, 1.165) is 31.5 Å². The molecule has 6 nitrogen and oxygen atoms in total. The van der Waals surface area contributed by atoms with Crippen molar-refractivity contribution < 1.29 is 13.2 Å². The molecule has 0 spiro atoms. The number of carbonyl (C=O) groups is 1. The summed E-state index contributed by atoms with van der Waals surface area (Å²) in [5.41, 5.74) is 2.17. The highest BCUT2D eigenvalue weighted by atomic mass is 32.2. The molecular formula is C25H29N3O3S. The molecule has 0 bridgehead atoms. The summed E-state index contributed by atoms with van der Waals surface area (Å²) in [6.07, 6.45) is 1.65. The van der Waals surface area contributed by atoms with Gasteiger partial charge in [-0.25, -0.2) is 13.6 Å². The van der Waals surface area contributed by atoms with Crippen LogP contribution >= 0.6 is 0 Å². The van der Waals surface area contributed by atoms with Gasteiger partial charge in [0, 0.05) is 18.5 Å². The maximum atomic E-state index is 12.7. The third-order valence-electron chi connectivity index (χ3n) is 6.44. The Morgan fingerprint density at radius 2 is 1.69 bits per heavy atom. The van der Waals surface area contributed by atoms with Gasteiger partial charge in [-0.3, -0.25) is 9.69 Å². The first-order valence-electron chi connectivity index (χ1n) is 10.9. The van der Waals surface area contributed by atoms with Crippen LogP contribution in [-0.2, 0) is 21.4 Å². The van der Waals surface area contributed by atoms with Gasteiger partial charge in [0.05, 0.1) is 4.90 Å². The normalized spacial score (nSPS) is 16.7. The highest BCUT2D eigenvalue weighted by Gasteiger charge is 2.28. The fourth-order valence-electron chi connectivity index (χ4n) is 4.49. The molecule has 1 saturated heterocycles. The van der Waals surface area contributed by atoms with Gasteiger partial charge in [0.1, 0.15) is 0 Å². The number of hydrogen-bond donors (Lipinski definition) is 2. The summed E-state index contributed by atoms with van der Waals surface area (Å²) in [4.78, 5) is 15.2. The van der Waals surface area contributed by atoms with Gasteiger partial charge in [0.2, 0.25) is 15.9 Å². The van der Waals surface area contributed by atoms with Crippen LogP contribution in [0.25, 0.3) is 10.8 Å². The molecular weight excluding hydrogens is 422 g/mol. The molecule has 0 aliphatic carbocycles. The fraction of sp³-hybridized carbons (Fsp3) is 0.320. The topological polar surface area (TPSA) is 92.5 Å². The van der Waals surface area contributed by atoms with E-state index in [2.05, 4.69) is 59.6 Å². The quantitative estimate of drug-likeness (QED) is 0.599. The SMILES string of the molecule is CC(c1cccc2ccccc12)N1CCC(C(=O)NCc2ccc(S(N)(=O)=O)cc2)CC1. The summed E-state index contributed by atoms with van der Waals surface area (Å²) in [7, 11) is -3.70. The summed E-state index contributed by atoms with van der Waals surface area (Å²) in [5.74, 6) is 0.0487. The number of likely N-dealkylation sites (tertiary alicyclic amines) is 1. The lowest BCUT2D eigenvalue weighted by Crippen LogP contribution is -2.41. The number of nitrogens with two attached hydrogens (primary N) is 1. The van der Waals surface area contributed by atoms with Crippen molar-refractivity contribution in [3.63, 3.8) is 0 Å². The first-order chi connectivity index (χ1) is 15.3. The van der Waals surface area contributed by atoms with E-state index in [-0.39, 0.29) is 16.7 Å². The fourth-order valence-corrected chi connectivity index (χ4v) is 5.01. The second-order valence-electron chi connectivity index (χ2n) is 8.46. The van der Waals surface area contributed by atoms with Gasteiger partial charge in [-0.15, -0.1) is 0 Å². The second-order valence-corrected chi connectivity index (χ2v) is 10.0. The van der Waals surface area contributed by atoms with Gasteiger partial charge in [-0.1, -0.05) is 54.6 Å². The molecule has 4 rings (SSSR count). The second kappa shape index (κ2) is 9.40. The van der Waals surface area contributed by atoms with Crippen molar-refractivity contribution in [2.24, 2.45) is 11.1 Å². The van der Waals surface area contributed by atoms with Crippen LogP contribution in [0, 0.1) is 5.92 Å². The standard InChI is InChI=1S/C25H29N3O3S/c1-18(23-8-4-6-20-5-2-3-7-24(20)23)28-15-13-21(14-16-28)25(29)27-17-19-9-11-22(12-10-19)32(26,30)31/h2-12,18,21H,13-17H2,1H3,(H,27,29)(H2,26,30,31). The number of nitrogens with one attached hydrogen (secondary N) is 1. The molecule has 3 N–H and O–H groups in total. The minimum atomic E-state index is -3.70. The zero-order valence-electron chi connectivity index (χ0n) is 18.2. The van der Waals surface area contributed by atoms with E-state index in [1.807, 2.05) is 0 Å². The van der Waals surface area contributed by atoms with Crippen LogP contribution in [0.5, 0.6) is 0 Å². The van der Waals surface area contributed by atoms with Crippen LogP contribution in [0.1, 0.15) is 36.9 Å². The van der Waals surface area contributed by atoms with Crippen LogP contribution < -0.4 is 10.5 Å². The van der Waals surface area contributed by atoms with E-state index in [0.29, 0.717) is 12.6 Å². The third-order valence-corrected chi connectivity index (χ3v) is 7.37. The molecule has 1 atom stereocenters. The zero-order chi connectivity index (χ0) is 22.7. The van der Waals surface area contributed by atoms with E-state index in [1.165, 1.54) is 28.5 Å². The number of primary sulfonamides is 1. The predicted molar refractivity (Wildman–Crippen MR) is 126 cm³/mol. The number of fused-ring (bicyclic) bond motifs is 1. The monoisotopic (exact) mass is 451 g/mol. The molecule has 1 aliphatic heterocycles. The van der Waals surface area contributed by atoms with Crippen molar-refractivity contribution in [2.75, 3.05) is 13.1 Å². The van der Waals surface area contributed by atoms with Crippen LogP contribution in [-0.4, -0.2) is 32.3 Å². The average molecular weight is 452 g/mol. The Balaban J connectivity index is 1.31. The predicted octanol–water partition coefficient (Wildman–Crippen LogP) is 3.58. The average Bonchev–Trinajstić information content (AvgIpc) is 2.81. The van der Waals surface area contributed by atoms with E-state index >= 15 is 0 Å². The lowest BCUT2D eigenvalue weighted by molar-refractivity contribution is -0.126. The van der Waals surface area contributed by atoms with Gasteiger partial charge >= 0.3 is 0 Å². The molecule has 1 heterocycles. The number of amides is 1. The van der Waals surface area contributed by atoms with Crippen LogP contribution in [0.2, 0.25) is 0 Å². The molecule has 1 aliphatic rings. The summed E-state index contributed by atoms with van der Waals surface area (Å²) in [6, 6.07) is 21.5. The van der Waals surface area contributed by atoms with Crippen molar-refractivity contribution in [2.45, 2.75) is 37.2 Å². The maximum Gasteiger partial charge on any atom is 0.238 e. The van der Waals surface area contributed by atoms with Gasteiger partial charge < -0.3 is 5.32 Å². The highest BCUT2D eigenvalue weighted by Crippen LogP contribution is 2.31. The molecule has 1 amide bonds. The number of hydrogen-bond acceptors (Lipinski definition) is 4. The minimum Gasteiger partial charge on any atom is -0.352 e. The molecule has 1 fully saturated rings. The molecule has 0 radical (unpaired) electrons. The zero-order valence-corrected chi connectivity index (χ0v) is 19.0. The van der Waals surface area contributed by atoms with Crippen molar-refractivity contribution in [3.05, 3.63) is 77.9 Å². The Bertz CT molecular complexity index is 1200. The highest BCUT2D eigenvalue weighted by molar-refractivity contribution is 7.89. The molecule has 0 saturated carbocycles. The largest absolute Gasteiger partial charge is 0.352 e. The van der Waals surface area contributed by atoms with Crippen molar-refractivity contribution >= 4 is 26.7 Å². The van der Waals surface area contributed by atoms with Crippen molar-refractivity contribution in [1.82, 2.24) is 10.2 Å². The molecule has 0 aromatic heterocycles. The summed E-state index contributed by atoms with van der Waals surface area (Å²) < 4.78 is 22.7. The Hall–Kier alpha value is -2.74. The number of benzene rings is 3. The molecule has 7 heteroatoms. The van der Waals surface area contributed by atoms with Crippen molar-refractivity contribution in [3.8, 4) is 0 Å². The Morgan fingerprint density at radius 1 is 1.03 bits per heavy atom. The lowest BCUT2D eigenvalue weighted by Gasteiger charge is -2.36. The Kier molecular flexibility index (Phi) is 6.60. The van der Waals surface area contributed by atoms with E-state index in [9.17, 15) is 13.2 Å². The van der Waals surface area contributed by atoms with Gasteiger partial charge in [0.25, 0.3) is 0 Å². The summed E-state index contributed by atoms with van der Waals surface area (Å²) in [5, 5.41) is 10.7. The molecule has 3 aromatic carbocycles. The van der Waals surface area contributed by atoms with Crippen LogP contribution in [0.4, 0.5) is 0 Å². The van der Waals surface area contributed by atoms with E-state index in [1.54, 1.807) is 12.1 Å². The van der Waals surface area contributed by atoms with Gasteiger partial charge in [0.15, 0.2) is 0 Å².